The molecule has 1 aromatic carbocycles. The van der Waals surface area contributed by atoms with Crippen LogP contribution in [0.5, 0.6) is 0 Å². The van der Waals surface area contributed by atoms with Crippen LogP contribution in [0.25, 0.3) is 0 Å². The van der Waals surface area contributed by atoms with Gasteiger partial charge in [-0.15, -0.1) is 0 Å². The minimum Gasteiger partial charge on any atom is -0.768 e. The lowest BCUT2D eigenvalue weighted by atomic mass is 9.85. The summed E-state index contributed by atoms with van der Waals surface area (Å²) in [5.74, 6) is -1.90. The number of halogens is 3. The molecule has 21 heavy (non-hydrogen) atoms. The van der Waals surface area contributed by atoms with Gasteiger partial charge in [0.25, 0.3) is 0 Å². The summed E-state index contributed by atoms with van der Waals surface area (Å²) in [4.78, 5) is 11.0. The standard InChI is InChI=1S/C14H17F3O3S/c1-9(3-8-13(18)14(15,16)17)10(2)11-4-6-12(7-5-11)21(19)20/h4-7,9-10H,3,8H2,1-2H3,(H,19,20)/p-1. The zero-order valence-corrected chi connectivity index (χ0v) is 12.5. The summed E-state index contributed by atoms with van der Waals surface area (Å²) >= 11 is -2.30. The molecule has 0 N–H and O–H groups in total. The number of benzene rings is 1. The second kappa shape index (κ2) is 7.17. The molecular formula is C14H16F3O3S-. The molecule has 3 unspecified atom stereocenters. The van der Waals surface area contributed by atoms with E-state index in [1.54, 1.807) is 19.1 Å². The van der Waals surface area contributed by atoms with Crippen molar-refractivity contribution in [2.45, 2.75) is 43.7 Å². The summed E-state index contributed by atoms with van der Waals surface area (Å²) in [5, 5.41) is 0. The summed E-state index contributed by atoms with van der Waals surface area (Å²) in [6.07, 6.45) is -5.17. The molecule has 1 rings (SSSR count). The fourth-order valence-electron chi connectivity index (χ4n) is 1.96. The third kappa shape index (κ3) is 5.24. The van der Waals surface area contributed by atoms with Gasteiger partial charge in [0.1, 0.15) is 0 Å². The average molecular weight is 321 g/mol. The van der Waals surface area contributed by atoms with Gasteiger partial charge in [-0.3, -0.25) is 9.00 Å². The molecule has 0 aliphatic heterocycles. The van der Waals surface area contributed by atoms with Crippen LogP contribution < -0.4 is 0 Å². The SMILES string of the molecule is CC(CCC(=O)C(F)(F)F)C(C)c1ccc(S(=O)[O-])cc1. The van der Waals surface area contributed by atoms with Crippen molar-refractivity contribution < 1.29 is 26.7 Å². The van der Waals surface area contributed by atoms with Crippen molar-refractivity contribution in [1.82, 2.24) is 0 Å². The predicted octanol–water partition coefficient (Wildman–Crippen LogP) is 3.58. The van der Waals surface area contributed by atoms with E-state index in [1.165, 1.54) is 12.1 Å². The van der Waals surface area contributed by atoms with Gasteiger partial charge in [0, 0.05) is 11.3 Å². The third-order valence-electron chi connectivity index (χ3n) is 3.59. The first-order valence-electron chi connectivity index (χ1n) is 6.42. The molecule has 0 saturated carbocycles. The topological polar surface area (TPSA) is 57.2 Å². The summed E-state index contributed by atoms with van der Waals surface area (Å²) in [6, 6.07) is 6.17. The normalized spacial score (nSPS) is 16.3. The van der Waals surface area contributed by atoms with E-state index in [-0.39, 0.29) is 23.2 Å². The quantitative estimate of drug-likeness (QED) is 0.753. The number of rotatable bonds is 6. The molecule has 0 aromatic heterocycles. The Morgan fingerprint density at radius 2 is 1.76 bits per heavy atom. The van der Waals surface area contributed by atoms with Gasteiger partial charge in [-0.05, 0) is 47.0 Å². The molecule has 0 saturated heterocycles. The highest BCUT2D eigenvalue weighted by Gasteiger charge is 2.37. The highest BCUT2D eigenvalue weighted by atomic mass is 32.2. The molecule has 7 heteroatoms. The lowest BCUT2D eigenvalue weighted by Gasteiger charge is -2.20. The first kappa shape index (κ1) is 17.8. The Morgan fingerprint density at radius 3 is 2.19 bits per heavy atom. The minimum absolute atomic E-state index is 0.0693. The largest absolute Gasteiger partial charge is 0.768 e. The molecule has 1 aromatic rings. The Bertz CT molecular complexity index is 511. The van der Waals surface area contributed by atoms with Crippen molar-refractivity contribution in [3.05, 3.63) is 29.8 Å². The van der Waals surface area contributed by atoms with Gasteiger partial charge in [-0.2, -0.15) is 13.2 Å². The number of carbonyl (C=O) groups is 1. The molecule has 0 amide bonds. The Balaban J connectivity index is 2.64. The van der Waals surface area contributed by atoms with Crippen LogP contribution in [0.3, 0.4) is 0 Å². The summed E-state index contributed by atoms with van der Waals surface area (Å²) < 4.78 is 57.9. The molecule has 0 fully saturated rings. The van der Waals surface area contributed by atoms with Crippen LogP contribution in [-0.2, 0) is 15.9 Å². The summed E-state index contributed by atoms with van der Waals surface area (Å²) in [5.41, 5.74) is 0.830. The van der Waals surface area contributed by atoms with E-state index >= 15 is 0 Å². The molecular weight excluding hydrogens is 305 g/mol. The number of hydrogen-bond donors (Lipinski definition) is 0. The molecule has 0 heterocycles. The van der Waals surface area contributed by atoms with E-state index in [9.17, 15) is 26.7 Å². The first-order valence-corrected chi connectivity index (χ1v) is 7.49. The van der Waals surface area contributed by atoms with Crippen LogP contribution in [0.2, 0.25) is 0 Å². The molecule has 118 valence electrons. The lowest BCUT2D eigenvalue weighted by molar-refractivity contribution is -0.171. The minimum atomic E-state index is -4.78. The zero-order chi connectivity index (χ0) is 16.2. The Labute approximate surface area is 123 Å². The molecule has 0 spiro atoms. The number of Topliss-reactive ketones (excluding diaryl/α,β-unsaturated/α-hetero) is 1. The monoisotopic (exact) mass is 321 g/mol. The molecule has 0 bridgehead atoms. The fourth-order valence-corrected chi connectivity index (χ4v) is 2.32. The lowest BCUT2D eigenvalue weighted by Crippen LogP contribution is -2.23. The smallest absolute Gasteiger partial charge is 0.449 e. The number of carbonyl (C=O) groups excluding carboxylic acids is 1. The van der Waals surface area contributed by atoms with E-state index in [4.69, 9.17) is 0 Å². The van der Waals surface area contributed by atoms with Crippen molar-refractivity contribution in [1.29, 1.82) is 0 Å². The van der Waals surface area contributed by atoms with Crippen molar-refractivity contribution in [3.63, 3.8) is 0 Å². The number of alkyl halides is 3. The van der Waals surface area contributed by atoms with Gasteiger partial charge in [-0.1, -0.05) is 26.0 Å². The van der Waals surface area contributed by atoms with Crippen LogP contribution in [0.1, 0.15) is 38.2 Å². The third-order valence-corrected chi connectivity index (χ3v) is 4.25. The van der Waals surface area contributed by atoms with E-state index in [0.717, 1.165) is 5.56 Å². The van der Waals surface area contributed by atoms with Gasteiger partial charge in [-0.25, -0.2) is 0 Å². The van der Waals surface area contributed by atoms with E-state index in [0.29, 0.717) is 0 Å². The average Bonchev–Trinajstić information content (AvgIpc) is 2.42. The second-order valence-electron chi connectivity index (χ2n) is 5.03. The molecule has 3 atom stereocenters. The predicted molar refractivity (Wildman–Crippen MR) is 71.5 cm³/mol. The van der Waals surface area contributed by atoms with Crippen LogP contribution in [0.15, 0.2) is 29.2 Å². The maximum atomic E-state index is 12.1. The maximum Gasteiger partial charge on any atom is 0.449 e. The van der Waals surface area contributed by atoms with Crippen molar-refractivity contribution >= 4 is 16.9 Å². The first-order chi connectivity index (χ1) is 9.62. The van der Waals surface area contributed by atoms with Crippen LogP contribution in [0, 0.1) is 5.92 Å². The molecule has 0 radical (unpaired) electrons. The number of hydrogen-bond acceptors (Lipinski definition) is 3. The Hall–Kier alpha value is -1.21. The zero-order valence-electron chi connectivity index (χ0n) is 11.6. The van der Waals surface area contributed by atoms with Crippen LogP contribution in [-0.4, -0.2) is 20.7 Å². The molecule has 3 nitrogen and oxygen atoms in total. The highest BCUT2D eigenvalue weighted by Crippen LogP contribution is 2.29. The molecule has 0 aliphatic rings. The Morgan fingerprint density at radius 1 is 1.24 bits per heavy atom. The highest BCUT2D eigenvalue weighted by molar-refractivity contribution is 7.79. The van der Waals surface area contributed by atoms with Gasteiger partial charge in [0.15, 0.2) is 0 Å². The van der Waals surface area contributed by atoms with E-state index in [2.05, 4.69) is 0 Å². The van der Waals surface area contributed by atoms with Gasteiger partial charge >= 0.3 is 6.18 Å². The van der Waals surface area contributed by atoms with Crippen LogP contribution >= 0.6 is 0 Å². The fraction of sp³-hybridized carbons (Fsp3) is 0.500. The number of ketones is 1. The van der Waals surface area contributed by atoms with Gasteiger partial charge < -0.3 is 4.55 Å². The van der Waals surface area contributed by atoms with Gasteiger partial charge in [0.05, 0.1) is 0 Å². The second-order valence-corrected chi connectivity index (χ2v) is 5.97. The summed E-state index contributed by atoms with van der Waals surface area (Å²) in [6.45, 7) is 3.61. The van der Waals surface area contributed by atoms with Crippen molar-refractivity contribution in [2.75, 3.05) is 0 Å². The molecule has 0 aliphatic carbocycles. The Kier molecular flexibility index (Phi) is 6.10. The van der Waals surface area contributed by atoms with Crippen LogP contribution in [0.4, 0.5) is 13.2 Å². The van der Waals surface area contributed by atoms with E-state index < -0.39 is 29.5 Å². The maximum absolute atomic E-state index is 12.1. The summed E-state index contributed by atoms with van der Waals surface area (Å²) in [7, 11) is 0. The van der Waals surface area contributed by atoms with Crippen molar-refractivity contribution in [3.8, 4) is 0 Å². The van der Waals surface area contributed by atoms with E-state index in [1.807, 2.05) is 6.92 Å². The van der Waals surface area contributed by atoms with Crippen molar-refractivity contribution in [2.24, 2.45) is 5.92 Å². The van der Waals surface area contributed by atoms with Gasteiger partial charge in [0.2, 0.25) is 5.78 Å².